The van der Waals surface area contributed by atoms with E-state index in [9.17, 15) is 50.0 Å². The van der Waals surface area contributed by atoms with Crippen molar-refractivity contribution in [3.63, 3.8) is 0 Å². The minimum Gasteiger partial charge on any atom is -0.393 e. The van der Waals surface area contributed by atoms with Crippen LogP contribution in [0, 0.1) is 0 Å². The number of nitrogens with one attached hydrogen (secondary N) is 1. The second-order valence-corrected chi connectivity index (χ2v) is 15.4. The van der Waals surface area contributed by atoms with Crippen LogP contribution in [0.15, 0.2) is 12.2 Å². The highest BCUT2D eigenvalue weighted by Gasteiger charge is 2.51. The van der Waals surface area contributed by atoms with E-state index in [1.54, 1.807) is 6.08 Å². The molecule has 1 rings (SSSR count). The Hall–Kier alpha value is -0.960. The van der Waals surface area contributed by atoms with Crippen LogP contribution in [0.4, 0.5) is 0 Å². The molecule has 0 spiro atoms. The van der Waals surface area contributed by atoms with Crippen molar-refractivity contribution in [1.29, 1.82) is 0 Å². The quantitative estimate of drug-likeness (QED) is 0.0286. The van der Waals surface area contributed by atoms with Gasteiger partial charge in [0.15, 0.2) is 0 Å². The largest absolute Gasteiger partial charge is 0.472 e. The van der Waals surface area contributed by atoms with E-state index < -0.39 is 75.2 Å². The Balaban J connectivity index is 2.69. The van der Waals surface area contributed by atoms with Crippen molar-refractivity contribution in [2.75, 3.05) is 6.61 Å². The predicted octanol–water partition coefficient (Wildman–Crippen LogP) is 4.30. The summed E-state index contributed by atoms with van der Waals surface area (Å²) >= 11 is 0. The highest BCUT2D eigenvalue weighted by Crippen LogP contribution is 2.47. The molecule has 14 heteroatoms. The molecule has 0 radical (unpaired) electrons. The minimum atomic E-state index is -5.12. The van der Waals surface area contributed by atoms with Gasteiger partial charge in [0.05, 0.1) is 31.3 Å². The average molecular weight is 740 g/mol. The van der Waals surface area contributed by atoms with Crippen molar-refractivity contribution in [1.82, 2.24) is 5.32 Å². The third kappa shape index (κ3) is 20.3. The number of carbonyl (C=O) groups is 1. The second kappa shape index (κ2) is 27.6. The lowest BCUT2D eigenvalue weighted by Gasteiger charge is -2.41. The summed E-state index contributed by atoms with van der Waals surface area (Å²) in [6.45, 7) is 3.65. The van der Waals surface area contributed by atoms with E-state index in [0.717, 1.165) is 44.9 Å². The van der Waals surface area contributed by atoms with Crippen LogP contribution in [-0.4, -0.2) is 108 Å². The van der Waals surface area contributed by atoms with Crippen LogP contribution in [0.25, 0.3) is 0 Å². The molecular formula is C36H70NO12P. The van der Waals surface area contributed by atoms with Crippen LogP contribution in [0.2, 0.25) is 0 Å². The molecule has 1 amide bonds. The van der Waals surface area contributed by atoms with Crippen LogP contribution in [0.5, 0.6) is 0 Å². The molecule has 8 unspecified atom stereocenters. The highest BCUT2D eigenvalue weighted by atomic mass is 31.2. The first kappa shape index (κ1) is 47.1. The van der Waals surface area contributed by atoms with E-state index in [4.69, 9.17) is 9.05 Å². The van der Waals surface area contributed by atoms with Gasteiger partial charge >= 0.3 is 7.82 Å². The summed E-state index contributed by atoms with van der Waals surface area (Å²) in [5.41, 5.74) is 0. The maximum Gasteiger partial charge on any atom is 0.472 e. The van der Waals surface area contributed by atoms with Gasteiger partial charge in [-0.1, -0.05) is 135 Å². The van der Waals surface area contributed by atoms with E-state index in [0.29, 0.717) is 12.8 Å². The molecule has 13 nitrogen and oxygen atoms in total. The normalized spacial score (nSPS) is 25.7. The third-order valence-electron chi connectivity index (χ3n) is 9.37. The third-order valence-corrected chi connectivity index (χ3v) is 10.4. The van der Waals surface area contributed by atoms with Crippen molar-refractivity contribution < 1.29 is 59.0 Å². The van der Waals surface area contributed by atoms with Gasteiger partial charge in [-0.3, -0.25) is 13.8 Å². The molecule has 1 aliphatic carbocycles. The zero-order chi connectivity index (χ0) is 37.4. The summed E-state index contributed by atoms with van der Waals surface area (Å²) in [5.74, 6) is -0.597. The summed E-state index contributed by atoms with van der Waals surface area (Å²) in [6.07, 6.45) is 10.5. The Morgan fingerprint density at radius 2 is 1.14 bits per heavy atom. The molecule has 9 N–H and O–H groups in total. The molecule has 0 aromatic heterocycles. The lowest BCUT2D eigenvalue weighted by atomic mass is 9.85. The standard InChI is InChI=1S/C36H70NO12P/c1-3-5-7-9-11-13-14-16-18-20-22-24-29(39)28(37-30(40)25-27(38)23-21-19-17-15-12-10-8-6-4-2)26-48-50(46,47)49-36-34(44)32(42)31(41)33(43)35(36)45/h22,24,27-29,31-36,38-39,41-45H,3-21,23,25-26H2,1-2H3,(H,37,40)(H,46,47)/b24-22+. The van der Waals surface area contributed by atoms with Crippen LogP contribution < -0.4 is 5.32 Å². The van der Waals surface area contributed by atoms with Crippen molar-refractivity contribution in [3.8, 4) is 0 Å². The Kier molecular flexibility index (Phi) is 26.0. The SMILES string of the molecule is CCCCCCCCCCC/C=C/C(O)C(COP(=O)(O)OC1C(O)C(O)C(O)C(O)C1O)NC(=O)CC(O)CCCCCCCCCCC. The number of phosphoric ester groups is 1. The van der Waals surface area contributed by atoms with Crippen LogP contribution >= 0.6 is 7.82 Å². The number of hydrogen-bond acceptors (Lipinski definition) is 11. The molecular weight excluding hydrogens is 669 g/mol. The Morgan fingerprint density at radius 1 is 0.700 bits per heavy atom. The number of carbonyl (C=O) groups excluding carboxylic acids is 1. The number of aliphatic hydroxyl groups excluding tert-OH is 7. The maximum absolute atomic E-state index is 12.8. The van der Waals surface area contributed by atoms with E-state index in [1.807, 2.05) is 0 Å². The van der Waals surface area contributed by atoms with Gasteiger partial charge in [-0.25, -0.2) is 4.57 Å². The molecule has 0 aromatic carbocycles. The number of hydrogen-bond donors (Lipinski definition) is 9. The Labute approximate surface area is 300 Å². The summed E-state index contributed by atoms with van der Waals surface area (Å²) in [6, 6.07) is -1.23. The number of phosphoric acid groups is 1. The van der Waals surface area contributed by atoms with E-state index in [1.165, 1.54) is 76.7 Å². The fourth-order valence-electron chi connectivity index (χ4n) is 6.12. The molecule has 8 atom stereocenters. The molecule has 0 heterocycles. The number of unbranched alkanes of at least 4 members (excludes halogenated alkanes) is 17. The van der Waals surface area contributed by atoms with Gasteiger partial charge in [0.2, 0.25) is 5.91 Å². The molecule has 0 saturated heterocycles. The fourth-order valence-corrected chi connectivity index (χ4v) is 7.09. The topological polar surface area (TPSA) is 226 Å². The zero-order valence-corrected chi connectivity index (χ0v) is 31.5. The molecule has 0 aromatic rings. The lowest BCUT2D eigenvalue weighted by molar-refractivity contribution is -0.220. The Bertz CT molecular complexity index is 927. The first-order chi connectivity index (χ1) is 23.8. The van der Waals surface area contributed by atoms with E-state index in [2.05, 4.69) is 19.2 Å². The highest BCUT2D eigenvalue weighted by molar-refractivity contribution is 7.47. The number of amides is 1. The van der Waals surface area contributed by atoms with Gasteiger partial charge in [0.1, 0.15) is 36.6 Å². The van der Waals surface area contributed by atoms with Crippen molar-refractivity contribution in [2.45, 2.75) is 204 Å². The van der Waals surface area contributed by atoms with Gasteiger partial charge in [-0.2, -0.15) is 0 Å². The monoisotopic (exact) mass is 739 g/mol. The smallest absolute Gasteiger partial charge is 0.393 e. The first-order valence-electron chi connectivity index (χ1n) is 19.2. The minimum absolute atomic E-state index is 0.242. The van der Waals surface area contributed by atoms with Crippen molar-refractivity contribution in [2.24, 2.45) is 0 Å². The maximum atomic E-state index is 12.8. The summed E-state index contributed by atoms with van der Waals surface area (Å²) in [5, 5.41) is 73.9. The Morgan fingerprint density at radius 3 is 1.64 bits per heavy atom. The lowest BCUT2D eigenvalue weighted by Crippen LogP contribution is -2.64. The molecule has 50 heavy (non-hydrogen) atoms. The molecule has 1 fully saturated rings. The molecule has 0 aliphatic heterocycles. The van der Waals surface area contributed by atoms with E-state index >= 15 is 0 Å². The van der Waals surface area contributed by atoms with E-state index in [-0.39, 0.29) is 6.42 Å². The van der Waals surface area contributed by atoms with Crippen LogP contribution in [0.3, 0.4) is 0 Å². The van der Waals surface area contributed by atoms with Gasteiger partial charge < -0.3 is 46.0 Å². The summed E-state index contributed by atoms with van der Waals surface area (Å²) in [4.78, 5) is 23.2. The molecule has 0 bridgehead atoms. The van der Waals surface area contributed by atoms with Crippen molar-refractivity contribution >= 4 is 13.7 Å². The predicted molar refractivity (Wildman–Crippen MR) is 192 cm³/mol. The van der Waals surface area contributed by atoms with Crippen LogP contribution in [0.1, 0.15) is 149 Å². The van der Waals surface area contributed by atoms with Crippen molar-refractivity contribution in [3.05, 3.63) is 12.2 Å². The van der Waals surface area contributed by atoms with Crippen LogP contribution in [-0.2, 0) is 18.4 Å². The average Bonchev–Trinajstić information content (AvgIpc) is 3.08. The number of allylic oxidation sites excluding steroid dienone is 1. The second-order valence-electron chi connectivity index (χ2n) is 14.0. The fraction of sp³-hybridized carbons (Fsp3) is 0.917. The van der Waals surface area contributed by atoms with Gasteiger partial charge in [-0.15, -0.1) is 0 Å². The van der Waals surface area contributed by atoms with Gasteiger partial charge in [-0.05, 0) is 19.3 Å². The first-order valence-corrected chi connectivity index (χ1v) is 20.7. The molecule has 1 saturated carbocycles. The molecule has 296 valence electrons. The summed E-state index contributed by atoms with van der Waals surface area (Å²) in [7, 11) is -5.12. The number of rotatable bonds is 30. The van der Waals surface area contributed by atoms with Gasteiger partial charge in [0, 0.05) is 0 Å². The number of aliphatic hydroxyl groups is 7. The van der Waals surface area contributed by atoms with Gasteiger partial charge in [0.25, 0.3) is 0 Å². The molecule has 1 aliphatic rings. The summed E-state index contributed by atoms with van der Waals surface area (Å²) < 4.78 is 22.7. The zero-order valence-electron chi connectivity index (χ0n) is 30.6.